The molecule has 45 heavy (non-hydrogen) atoms. The number of hydrogen-bond donors (Lipinski definition) is 4. The van der Waals surface area contributed by atoms with Crippen molar-refractivity contribution in [1.29, 1.82) is 0 Å². The van der Waals surface area contributed by atoms with E-state index < -0.39 is 47.5 Å². The number of pyridine rings is 1. The first-order chi connectivity index (χ1) is 21.5. The maximum absolute atomic E-state index is 13.6. The van der Waals surface area contributed by atoms with Gasteiger partial charge in [-0.25, -0.2) is 0 Å². The van der Waals surface area contributed by atoms with Crippen molar-refractivity contribution in [3.8, 4) is 5.75 Å². The molecule has 4 N–H and O–H groups in total. The van der Waals surface area contributed by atoms with E-state index >= 15 is 0 Å². The standard InChI is InChI=1S/C33H41N5O6S/c1-5-24(35-28(39)18-44-27-13-9-12-22-17-34-15-14-23(22)27)30(41)36-25(16-21-10-7-6-8-11-21)29(40)32(43)38-20-45-19-26(38)31(42)37-33(2,3)4/h6-15,17,24-26,29,40H,5,16,18-20H2,1-4H3,(H,35,39)(H,36,41)(H,37,42)/t24-,25-,26+,29-/m0/s1. The fourth-order valence-corrected chi connectivity index (χ4v) is 6.18. The Labute approximate surface area is 267 Å². The Balaban J connectivity index is 1.44. The van der Waals surface area contributed by atoms with E-state index in [-0.39, 0.29) is 31.2 Å². The first kappa shape index (κ1) is 33.7. The molecule has 4 atom stereocenters. The lowest BCUT2D eigenvalue weighted by atomic mass is 9.99. The lowest BCUT2D eigenvalue weighted by Gasteiger charge is -2.32. The van der Waals surface area contributed by atoms with Gasteiger partial charge in [-0.05, 0) is 51.3 Å². The Bertz CT molecular complexity index is 1490. The molecule has 4 amide bonds. The molecular weight excluding hydrogens is 594 g/mol. The molecule has 0 spiro atoms. The molecule has 1 aliphatic heterocycles. The number of benzene rings is 2. The van der Waals surface area contributed by atoms with Crippen LogP contribution in [0.15, 0.2) is 67.0 Å². The maximum atomic E-state index is 13.6. The molecule has 1 saturated heterocycles. The predicted molar refractivity (Wildman–Crippen MR) is 173 cm³/mol. The second-order valence-electron chi connectivity index (χ2n) is 12.0. The molecule has 1 aromatic heterocycles. The van der Waals surface area contributed by atoms with Crippen molar-refractivity contribution in [2.45, 2.75) is 70.3 Å². The van der Waals surface area contributed by atoms with Gasteiger partial charge in [-0.3, -0.25) is 24.2 Å². The molecule has 0 radical (unpaired) electrons. The van der Waals surface area contributed by atoms with Crippen LogP contribution in [0.25, 0.3) is 10.8 Å². The Morgan fingerprint density at radius 3 is 2.53 bits per heavy atom. The van der Waals surface area contributed by atoms with Crippen LogP contribution in [0.4, 0.5) is 0 Å². The van der Waals surface area contributed by atoms with Gasteiger partial charge in [-0.15, -0.1) is 11.8 Å². The van der Waals surface area contributed by atoms with Crippen molar-refractivity contribution >= 4 is 46.2 Å². The molecule has 4 rings (SSSR count). The summed E-state index contributed by atoms with van der Waals surface area (Å²) < 4.78 is 5.76. The molecule has 0 aliphatic carbocycles. The van der Waals surface area contributed by atoms with Gasteiger partial charge in [0.1, 0.15) is 17.8 Å². The van der Waals surface area contributed by atoms with Crippen molar-refractivity contribution in [3.63, 3.8) is 0 Å². The van der Waals surface area contributed by atoms with Crippen LogP contribution in [0.3, 0.4) is 0 Å². The molecule has 12 heteroatoms. The number of hydrogen-bond acceptors (Lipinski definition) is 8. The summed E-state index contributed by atoms with van der Waals surface area (Å²) >= 11 is 1.42. The number of nitrogens with one attached hydrogen (secondary N) is 3. The highest BCUT2D eigenvalue weighted by Gasteiger charge is 2.41. The number of carbonyl (C=O) groups excluding carboxylic acids is 4. The average Bonchev–Trinajstić information content (AvgIpc) is 3.51. The molecule has 2 aromatic carbocycles. The van der Waals surface area contributed by atoms with Crippen LogP contribution in [0.1, 0.15) is 39.7 Å². The Kier molecular flexibility index (Phi) is 11.4. The first-order valence-electron chi connectivity index (χ1n) is 14.9. The highest BCUT2D eigenvalue weighted by Crippen LogP contribution is 2.25. The molecule has 1 aliphatic rings. The van der Waals surface area contributed by atoms with Crippen LogP contribution >= 0.6 is 11.8 Å². The second-order valence-corrected chi connectivity index (χ2v) is 13.0. The Hall–Kier alpha value is -4.16. The molecule has 2 heterocycles. The maximum Gasteiger partial charge on any atom is 0.258 e. The van der Waals surface area contributed by atoms with Crippen LogP contribution in [-0.4, -0.2) is 86.6 Å². The largest absolute Gasteiger partial charge is 0.483 e. The molecule has 0 saturated carbocycles. The minimum Gasteiger partial charge on any atom is -0.483 e. The predicted octanol–water partition coefficient (Wildman–Crippen LogP) is 2.41. The molecule has 11 nitrogen and oxygen atoms in total. The van der Waals surface area contributed by atoms with Crippen molar-refractivity contribution in [2.75, 3.05) is 18.2 Å². The third kappa shape index (κ3) is 9.18. The van der Waals surface area contributed by atoms with Gasteiger partial charge in [0.25, 0.3) is 11.8 Å². The van der Waals surface area contributed by atoms with Crippen LogP contribution in [0.2, 0.25) is 0 Å². The summed E-state index contributed by atoms with van der Waals surface area (Å²) in [6, 6.07) is 13.7. The topological polar surface area (TPSA) is 150 Å². The molecular formula is C33H41N5O6S. The van der Waals surface area contributed by atoms with Gasteiger partial charge in [0, 0.05) is 34.5 Å². The molecule has 240 valence electrons. The fraction of sp³-hybridized carbons (Fsp3) is 0.424. The van der Waals surface area contributed by atoms with E-state index in [9.17, 15) is 24.3 Å². The number of amides is 4. The van der Waals surface area contributed by atoms with E-state index in [1.54, 1.807) is 37.5 Å². The average molecular weight is 636 g/mol. The molecule has 1 fully saturated rings. The highest BCUT2D eigenvalue weighted by atomic mass is 32.2. The van der Waals surface area contributed by atoms with Crippen molar-refractivity contribution in [1.82, 2.24) is 25.8 Å². The number of ether oxygens (including phenoxy) is 1. The van der Waals surface area contributed by atoms with E-state index in [4.69, 9.17) is 4.74 Å². The summed E-state index contributed by atoms with van der Waals surface area (Å²) in [6.45, 7) is 7.00. The summed E-state index contributed by atoms with van der Waals surface area (Å²) in [7, 11) is 0. The van der Waals surface area contributed by atoms with E-state index in [1.165, 1.54) is 16.7 Å². The number of carbonyl (C=O) groups is 4. The Morgan fingerprint density at radius 2 is 1.82 bits per heavy atom. The number of aromatic nitrogens is 1. The number of thioether (sulfide) groups is 1. The van der Waals surface area contributed by atoms with Gasteiger partial charge in [0.2, 0.25) is 11.8 Å². The van der Waals surface area contributed by atoms with Gasteiger partial charge < -0.3 is 30.7 Å². The van der Waals surface area contributed by atoms with Gasteiger partial charge in [-0.1, -0.05) is 49.4 Å². The van der Waals surface area contributed by atoms with Crippen LogP contribution < -0.4 is 20.7 Å². The smallest absolute Gasteiger partial charge is 0.258 e. The first-order valence-corrected chi connectivity index (χ1v) is 16.1. The zero-order valence-electron chi connectivity index (χ0n) is 26.0. The number of aliphatic hydroxyl groups is 1. The second kappa shape index (κ2) is 15.2. The number of rotatable bonds is 12. The van der Waals surface area contributed by atoms with Crippen LogP contribution in [0, 0.1) is 0 Å². The Morgan fingerprint density at radius 1 is 1.07 bits per heavy atom. The summed E-state index contributed by atoms with van der Waals surface area (Å²) in [5.41, 5.74) is 0.307. The third-order valence-corrected chi connectivity index (χ3v) is 8.30. The highest BCUT2D eigenvalue weighted by molar-refractivity contribution is 7.99. The normalized spacial score (nSPS) is 16.8. The number of fused-ring (bicyclic) bond motifs is 1. The van der Waals surface area contributed by atoms with Gasteiger partial charge in [0.15, 0.2) is 12.7 Å². The van der Waals surface area contributed by atoms with Crippen LogP contribution in [0.5, 0.6) is 5.75 Å². The van der Waals surface area contributed by atoms with E-state index in [0.717, 1.165) is 16.3 Å². The third-order valence-electron chi connectivity index (χ3n) is 7.29. The van der Waals surface area contributed by atoms with E-state index in [2.05, 4.69) is 20.9 Å². The molecule has 0 bridgehead atoms. The van der Waals surface area contributed by atoms with Gasteiger partial charge >= 0.3 is 0 Å². The molecule has 3 aromatic rings. The van der Waals surface area contributed by atoms with Gasteiger partial charge in [-0.2, -0.15) is 0 Å². The summed E-state index contributed by atoms with van der Waals surface area (Å²) in [5, 5.41) is 21.4. The summed E-state index contributed by atoms with van der Waals surface area (Å²) in [6.07, 6.45) is 2.13. The lowest BCUT2D eigenvalue weighted by Crippen LogP contribution is -2.59. The van der Waals surface area contributed by atoms with Crippen molar-refractivity contribution in [3.05, 3.63) is 72.6 Å². The van der Waals surface area contributed by atoms with Crippen LogP contribution in [-0.2, 0) is 25.6 Å². The van der Waals surface area contributed by atoms with Crippen molar-refractivity contribution < 1.29 is 29.0 Å². The minimum absolute atomic E-state index is 0.156. The zero-order valence-corrected chi connectivity index (χ0v) is 26.8. The quantitative estimate of drug-likeness (QED) is 0.237. The van der Waals surface area contributed by atoms with Crippen molar-refractivity contribution in [2.24, 2.45) is 0 Å². The monoisotopic (exact) mass is 635 g/mol. The molecule has 0 unspecified atom stereocenters. The number of aliphatic hydroxyl groups excluding tert-OH is 1. The number of nitrogens with zero attached hydrogens (tertiary/aromatic N) is 2. The SMILES string of the molecule is CC[C@H](NC(=O)COc1cccc2cnccc12)C(=O)N[C@@H](Cc1ccccc1)[C@H](O)C(=O)N1CSC[C@@H]1C(=O)NC(C)(C)C. The fourth-order valence-electron chi connectivity index (χ4n) is 5.02. The van der Waals surface area contributed by atoms with Gasteiger partial charge in [0.05, 0.1) is 11.9 Å². The van der Waals surface area contributed by atoms with E-state index in [1.807, 2.05) is 57.2 Å². The zero-order chi connectivity index (χ0) is 32.6. The summed E-state index contributed by atoms with van der Waals surface area (Å²) in [4.78, 5) is 58.3. The summed E-state index contributed by atoms with van der Waals surface area (Å²) in [5.74, 6) is -0.836. The lowest BCUT2D eigenvalue weighted by molar-refractivity contribution is -0.147. The minimum atomic E-state index is -1.63. The van der Waals surface area contributed by atoms with E-state index in [0.29, 0.717) is 11.5 Å².